The summed E-state index contributed by atoms with van der Waals surface area (Å²) in [4.78, 5) is 40.7. The van der Waals surface area contributed by atoms with Crippen molar-refractivity contribution in [3.8, 4) is 0 Å². The van der Waals surface area contributed by atoms with Crippen molar-refractivity contribution in [3.63, 3.8) is 0 Å². The van der Waals surface area contributed by atoms with E-state index in [-0.39, 0.29) is 25.9 Å². The van der Waals surface area contributed by atoms with Gasteiger partial charge in [0.25, 0.3) is 5.91 Å². The van der Waals surface area contributed by atoms with Crippen LogP contribution in [0.5, 0.6) is 0 Å². The summed E-state index contributed by atoms with van der Waals surface area (Å²) in [5.41, 5.74) is -2.88. The molecule has 0 heterocycles. The molecule has 1 aliphatic rings. The van der Waals surface area contributed by atoms with Gasteiger partial charge in [-0.2, -0.15) is 0 Å². The van der Waals surface area contributed by atoms with Crippen LogP contribution in [-0.2, 0) is 36.8 Å². The highest BCUT2D eigenvalue weighted by molar-refractivity contribution is 5.95. The summed E-state index contributed by atoms with van der Waals surface area (Å²) in [5, 5.41) is 17.8. The number of esters is 1. The van der Waals surface area contributed by atoms with E-state index in [9.17, 15) is 19.5 Å². The summed E-state index contributed by atoms with van der Waals surface area (Å²) < 4.78 is 16.8. The third-order valence-corrected chi connectivity index (χ3v) is 7.50. The second-order valence-corrected chi connectivity index (χ2v) is 11.7. The Morgan fingerprint density at radius 1 is 0.927 bits per heavy atom. The third kappa shape index (κ3) is 8.30. The number of hydrogen-bond acceptors (Lipinski definition) is 7. The Kier molecular flexibility index (Phi) is 10.9. The molecular formula is C32H44N2O7. The standard InChI is InChI=1S/C32H44N2O7/c1-23(40-22-25-17-11-7-12-18-25)32(31(38)19-13-8-14-20-31,34-29(37)41-30(2,3)4)28(36)33-26(27(35)39-5)21-24-15-9-6-10-16-24/h6-7,9-12,15-18,23,26,38H,8,13-14,19-22H2,1-5H3,(H,33,36)(H,34,37)/t23-,26-,32-/m0/s1. The molecule has 2 aromatic rings. The molecule has 1 saturated carbocycles. The number of rotatable bonds is 11. The zero-order valence-corrected chi connectivity index (χ0v) is 24.8. The molecule has 0 spiro atoms. The second kappa shape index (κ2) is 14.0. The molecule has 1 fully saturated rings. The van der Waals surface area contributed by atoms with E-state index in [1.54, 1.807) is 27.7 Å². The van der Waals surface area contributed by atoms with E-state index in [4.69, 9.17) is 14.2 Å². The molecule has 9 nitrogen and oxygen atoms in total. The first kappa shape index (κ1) is 32.1. The molecule has 0 aromatic heterocycles. The first-order valence-electron chi connectivity index (χ1n) is 14.2. The lowest BCUT2D eigenvalue weighted by Crippen LogP contribution is -2.77. The van der Waals surface area contributed by atoms with Crippen LogP contribution in [0.1, 0.15) is 70.9 Å². The highest BCUT2D eigenvalue weighted by atomic mass is 16.6. The maximum absolute atomic E-state index is 14.5. The normalized spacial score (nSPS) is 17.8. The first-order chi connectivity index (χ1) is 19.4. The summed E-state index contributed by atoms with van der Waals surface area (Å²) in [5.74, 6) is -1.40. The van der Waals surface area contributed by atoms with Crippen molar-refractivity contribution in [2.45, 2.75) is 102 Å². The van der Waals surface area contributed by atoms with Crippen LogP contribution >= 0.6 is 0 Å². The topological polar surface area (TPSA) is 123 Å². The average molecular weight is 569 g/mol. The van der Waals surface area contributed by atoms with Crippen LogP contribution in [0, 0.1) is 0 Å². The Balaban J connectivity index is 2.06. The Morgan fingerprint density at radius 3 is 2.02 bits per heavy atom. The minimum atomic E-state index is -1.99. The number of methoxy groups -OCH3 is 1. The highest BCUT2D eigenvalue weighted by Gasteiger charge is 2.61. The van der Waals surface area contributed by atoms with Gasteiger partial charge < -0.3 is 30.0 Å². The van der Waals surface area contributed by atoms with Crippen molar-refractivity contribution in [3.05, 3.63) is 71.8 Å². The molecule has 0 aliphatic heterocycles. The van der Waals surface area contributed by atoms with Gasteiger partial charge in [-0.3, -0.25) is 4.79 Å². The SMILES string of the molecule is COC(=O)[C@H](Cc1ccccc1)NC(=O)[C@@](NC(=O)OC(C)(C)C)([C@H](C)OCc1ccccc1)C1(O)CCCCC1. The van der Waals surface area contributed by atoms with Crippen LogP contribution in [0.2, 0.25) is 0 Å². The van der Waals surface area contributed by atoms with Crippen molar-refractivity contribution in [1.29, 1.82) is 0 Å². The molecule has 41 heavy (non-hydrogen) atoms. The number of aliphatic hydroxyl groups is 1. The average Bonchev–Trinajstić information content (AvgIpc) is 2.94. The summed E-state index contributed by atoms with van der Waals surface area (Å²) in [7, 11) is 1.25. The molecule has 3 N–H and O–H groups in total. The van der Waals surface area contributed by atoms with Crippen molar-refractivity contribution in [1.82, 2.24) is 10.6 Å². The van der Waals surface area contributed by atoms with Gasteiger partial charge in [-0.1, -0.05) is 79.9 Å². The largest absolute Gasteiger partial charge is 0.467 e. The number of alkyl carbamates (subject to hydrolysis) is 1. The van der Waals surface area contributed by atoms with E-state index in [0.29, 0.717) is 12.8 Å². The molecule has 0 unspecified atom stereocenters. The van der Waals surface area contributed by atoms with Gasteiger partial charge in [0.2, 0.25) is 0 Å². The molecule has 0 bridgehead atoms. The van der Waals surface area contributed by atoms with Crippen LogP contribution in [0.15, 0.2) is 60.7 Å². The fraction of sp³-hybridized carbons (Fsp3) is 0.531. The zero-order chi connectivity index (χ0) is 30.1. The van der Waals surface area contributed by atoms with Gasteiger partial charge in [-0.05, 0) is 51.7 Å². The smallest absolute Gasteiger partial charge is 0.408 e. The van der Waals surface area contributed by atoms with Gasteiger partial charge in [0.05, 0.1) is 25.4 Å². The summed E-state index contributed by atoms with van der Waals surface area (Å²) in [6.07, 6.45) is 0.930. The summed E-state index contributed by atoms with van der Waals surface area (Å²) in [6, 6.07) is 17.5. The van der Waals surface area contributed by atoms with E-state index in [1.807, 2.05) is 60.7 Å². The van der Waals surface area contributed by atoms with Crippen LogP contribution in [0.4, 0.5) is 4.79 Å². The molecule has 224 valence electrons. The van der Waals surface area contributed by atoms with Gasteiger partial charge in [0.1, 0.15) is 11.6 Å². The number of nitrogens with one attached hydrogen (secondary N) is 2. The number of carbonyl (C=O) groups excluding carboxylic acids is 3. The quantitative estimate of drug-likeness (QED) is 0.342. The molecule has 2 amide bonds. The Hall–Kier alpha value is -3.43. The van der Waals surface area contributed by atoms with E-state index in [0.717, 1.165) is 17.5 Å². The van der Waals surface area contributed by atoms with Crippen molar-refractivity contribution in [2.75, 3.05) is 7.11 Å². The lowest BCUT2D eigenvalue weighted by Gasteiger charge is -2.51. The lowest BCUT2D eigenvalue weighted by atomic mass is 9.67. The van der Waals surface area contributed by atoms with Crippen molar-refractivity contribution in [2.24, 2.45) is 0 Å². The van der Waals surface area contributed by atoms with E-state index < -0.39 is 46.9 Å². The maximum Gasteiger partial charge on any atom is 0.408 e. The van der Waals surface area contributed by atoms with Gasteiger partial charge in [-0.15, -0.1) is 0 Å². The minimum absolute atomic E-state index is 0.133. The molecule has 0 saturated heterocycles. The minimum Gasteiger partial charge on any atom is -0.467 e. The maximum atomic E-state index is 14.5. The fourth-order valence-corrected chi connectivity index (χ4v) is 5.42. The Bertz CT molecular complexity index is 1140. The Labute approximate surface area is 243 Å². The van der Waals surface area contributed by atoms with Crippen LogP contribution in [-0.4, -0.2) is 59.1 Å². The monoisotopic (exact) mass is 568 g/mol. The highest BCUT2D eigenvalue weighted by Crippen LogP contribution is 2.41. The Morgan fingerprint density at radius 2 is 1.49 bits per heavy atom. The molecule has 9 heteroatoms. The number of ether oxygens (including phenoxy) is 3. The summed E-state index contributed by atoms with van der Waals surface area (Å²) in [6.45, 7) is 6.93. The lowest BCUT2D eigenvalue weighted by molar-refractivity contribution is -0.169. The third-order valence-electron chi connectivity index (χ3n) is 7.50. The van der Waals surface area contributed by atoms with Crippen molar-refractivity contribution < 1.29 is 33.7 Å². The first-order valence-corrected chi connectivity index (χ1v) is 14.2. The van der Waals surface area contributed by atoms with Gasteiger partial charge in [0.15, 0.2) is 5.54 Å². The fourth-order valence-electron chi connectivity index (χ4n) is 5.42. The second-order valence-electron chi connectivity index (χ2n) is 11.7. The van der Waals surface area contributed by atoms with E-state index in [1.165, 1.54) is 7.11 Å². The number of hydrogen-bond donors (Lipinski definition) is 3. The van der Waals surface area contributed by atoms with Gasteiger partial charge in [0, 0.05) is 6.42 Å². The van der Waals surface area contributed by atoms with Crippen LogP contribution < -0.4 is 10.6 Å². The number of benzene rings is 2. The molecule has 0 radical (unpaired) electrons. The molecule has 1 aliphatic carbocycles. The van der Waals surface area contributed by atoms with Crippen LogP contribution in [0.25, 0.3) is 0 Å². The van der Waals surface area contributed by atoms with E-state index >= 15 is 0 Å². The predicted octanol–water partition coefficient (Wildman–Crippen LogP) is 4.45. The molecule has 2 aromatic carbocycles. The number of amides is 2. The predicted molar refractivity (Wildman–Crippen MR) is 155 cm³/mol. The zero-order valence-electron chi connectivity index (χ0n) is 24.8. The van der Waals surface area contributed by atoms with Crippen LogP contribution in [0.3, 0.4) is 0 Å². The summed E-state index contributed by atoms with van der Waals surface area (Å²) >= 11 is 0. The number of carbonyl (C=O) groups is 3. The molecular weight excluding hydrogens is 524 g/mol. The van der Waals surface area contributed by atoms with Gasteiger partial charge >= 0.3 is 12.1 Å². The van der Waals surface area contributed by atoms with Gasteiger partial charge in [-0.25, -0.2) is 9.59 Å². The van der Waals surface area contributed by atoms with Crippen molar-refractivity contribution >= 4 is 18.0 Å². The molecule has 3 atom stereocenters. The van der Waals surface area contributed by atoms with E-state index in [2.05, 4.69) is 10.6 Å². The molecule has 3 rings (SSSR count).